The van der Waals surface area contributed by atoms with Gasteiger partial charge in [0.25, 0.3) is 10.0 Å². The van der Waals surface area contributed by atoms with Crippen LogP contribution >= 0.6 is 11.6 Å². The van der Waals surface area contributed by atoms with Crippen LogP contribution in [0.1, 0.15) is 12.5 Å². The minimum absolute atomic E-state index is 0.0590. The van der Waals surface area contributed by atoms with Crippen LogP contribution in [0.15, 0.2) is 59.8 Å². The third-order valence-corrected chi connectivity index (χ3v) is 6.74. The highest BCUT2D eigenvalue weighted by Crippen LogP contribution is 2.38. The summed E-state index contributed by atoms with van der Waals surface area (Å²) in [5.74, 6) is -0.582. The largest absolute Gasteiger partial charge is 0.343 e. The smallest absolute Gasteiger partial charge is 0.287 e. The van der Waals surface area contributed by atoms with Crippen molar-refractivity contribution in [3.05, 3.63) is 71.3 Å². The van der Waals surface area contributed by atoms with Crippen LogP contribution < -0.4 is 9.21 Å². The number of rotatable bonds is 4. The molecular formula is C19H16ClFN4O3S. The zero-order chi connectivity index (χ0) is 20.8. The number of hydrogen-bond donors (Lipinski definition) is 0. The highest BCUT2D eigenvalue weighted by molar-refractivity contribution is 7.94. The van der Waals surface area contributed by atoms with E-state index in [2.05, 4.69) is 5.10 Å². The SMILES string of the molecule is CCn1cc(N2C(=O)N(Cc3c(F)cccc3Cl)c3ccccc3S2(=O)=O)cn1. The number of anilines is 2. The van der Waals surface area contributed by atoms with Gasteiger partial charge in [0.1, 0.15) is 16.4 Å². The van der Waals surface area contributed by atoms with E-state index in [4.69, 9.17) is 11.6 Å². The molecule has 0 spiro atoms. The topological polar surface area (TPSA) is 75.5 Å². The molecule has 2 heterocycles. The minimum atomic E-state index is -4.16. The van der Waals surface area contributed by atoms with E-state index in [1.165, 1.54) is 52.3 Å². The maximum atomic E-state index is 14.4. The first-order chi connectivity index (χ1) is 13.8. The zero-order valence-electron chi connectivity index (χ0n) is 15.3. The number of amides is 2. The molecule has 2 aromatic carbocycles. The molecule has 10 heteroatoms. The third-order valence-electron chi connectivity index (χ3n) is 4.63. The zero-order valence-corrected chi connectivity index (χ0v) is 16.9. The average Bonchev–Trinajstić information content (AvgIpc) is 3.15. The molecule has 0 unspecified atom stereocenters. The van der Waals surface area contributed by atoms with Crippen LogP contribution in [0, 0.1) is 5.82 Å². The van der Waals surface area contributed by atoms with Crippen molar-refractivity contribution >= 4 is 39.0 Å². The van der Waals surface area contributed by atoms with E-state index in [0.29, 0.717) is 10.8 Å². The molecular weight excluding hydrogens is 419 g/mol. The molecule has 0 atom stereocenters. The van der Waals surface area contributed by atoms with E-state index < -0.39 is 21.9 Å². The molecule has 0 radical (unpaired) electrons. The van der Waals surface area contributed by atoms with E-state index in [-0.39, 0.29) is 33.4 Å². The number of hydrogen-bond acceptors (Lipinski definition) is 4. The number of carbonyl (C=O) groups excluding carboxylic acids is 1. The maximum absolute atomic E-state index is 14.4. The number of sulfonamides is 1. The molecule has 3 aromatic rings. The fourth-order valence-corrected chi connectivity index (χ4v) is 4.97. The van der Waals surface area contributed by atoms with Gasteiger partial charge in [-0.3, -0.25) is 9.58 Å². The first kappa shape index (κ1) is 19.4. The highest BCUT2D eigenvalue weighted by atomic mass is 35.5. The number of para-hydroxylation sites is 1. The number of benzene rings is 2. The lowest BCUT2D eigenvalue weighted by molar-refractivity contribution is 0.253. The van der Waals surface area contributed by atoms with E-state index >= 15 is 0 Å². The van der Waals surface area contributed by atoms with Gasteiger partial charge in [0.05, 0.1) is 18.4 Å². The van der Waals surface area contributed by atoms with Gasteiger partial charge in [-0.25, -0.2) is 17.6 Å². The number of aryl methyl sites for hydroxylation is 1. The predicted octanol–water partition coefficient (Wildman–Crippen LogP) is 4.03. The second kappa shape index (κ2) is 7.16. The minimum Gasteiger partial charge on any atom is -0.287 e. The van der Waals surface area contributed by atoms with Gasteiger partial charge in [-0.15, -0.1) is 0 Å². The summed E-state index contributed by atoms with van der Waals surface area (Å²) in [5, 5.41) is 4.21. The Balaban J connectivity index is 1.88. The van der Waals surface area contributed by atoms with Crippen molar-refractivity contribution in [1.29, 1.82) is 0 Å². The Bertz CT molecular complexity index is 1190. The summed E-state index contributed by atoms with van der Waals surface area (Å²) in [7, 11) is -4.16. The van der Waals surface area contributed by atoms with Crippen molar-refractivity contribution in [2.24, 2.45) is 0 Å². The fourth-order valence-electron chi connectivity index (χ4n) is 3.19. The Hall–Kier alpha value is -2.91. The lowest BCUT2D eigenvalue weighted by Gasteiger charge is -2.35. The summed E-state index contributed by atoms with van der Waals surface area (Å²) in [6.07, 6.45) is 2.78. The summed E-state index contributed by atoms with van der Waals surface area (Å²) in [6.45, 7) is 2.12. The van der Waals surface area contributed by atoms with E-state index in [9.17, 15) is 17.6 Å². The van der Waals surface area contributed by atoms with Crippen molar-refractivity contribution < 1.29 is 17.6 Å². The molecule has 0 fully saturated rings. The van der Waals surface area contributed by atoms with Gasteiger partial charge in [-0.1, -0.05) is 29.8 Å². The maximum Gasteiger partial charge on any atom is 0.343 e. The number of carbonyl (C=O) groups is 1. The molecule has 2 amide bonds. The molecule has 0 bridgehead atoms. The molecule has 0 aliphatic carbocycles. The number of aromatic nitrogens is 2. The van der Waals surface area contributed by atoms with Crippen molar-refractivity contribution in [2.75, 3.05) is 9.21 Å². The molecule has 7 nitrogen and oxygen atoms in total. The first-order valence-corrected chi connectivity index (χ1v) is 10.6. The number of halogens is 2. The van der Waals surface area contributed by atoms with Crippen LogP contribution in [0.25, 0.3) is 0 Å². The van der Waals surface area contributed by atoms with Gasteiger partial charge in [0.2, 0.25) is 0 Å². The van der Waals surface area contributed by atoms with Gasteiger partial charge < -0.3 is 0 Å². The van der Waals surface area contributed by atoms with Gasteiger partial charge in [-0.2, -0.15) is 9.40 Å². The van der Waals surface area contributed by atoms with Crippen molar-refractivity contribution in [1.82, 2.24) is 9.78 Å². The number of fused-ring (bicyclic) bond motifs is 1. The Morgan fingerprint density at radius 2 is 1.90 bits per heavy atom. The summed E-state index contributed by atoms with van der Waals surface area (Å²) >= 11 is 6.13. The lowest BCUT2D eigenvalue weighted by atomic mass is 10.2. The summed E-state index contributed by atoms with van der Waals surface area (Å²) < 4.78 is 42.9. The second-order valence-corrected chi connectivity index (χ2v) is 8.52. The first-order valence-electron chi connectivity index (χ1n) is 8.75. The third kappa shape index (κ3) is 3.16. The Morgan fingerprint density at radius 3 is 2.59 bits per heavy atom. The van der Waals surface area contributed by atoms with Crippen LogP contribution in [0.2, 0.25) is 5.02 Å². The van der Waals surface area contributed by atoms with Crippen LogP contribution in [0.4, 0.5) is 20.6 Å². The quantitative estimate of drug-likeness (QED) is 0.621. The highest BCUT2D eigenvalue weighted by Gasteiger charge is 2.43. The van der Waals surface area contributed by atoms with Gasteiger partial charge in [-0.05, 0) is 31.2 Å². The molecule has 0 saturated heterocycles. The van der Waals surface area contributed by atoms with E-state index in [1.807, 2.05) is 6.92 Å². The van der Waals surface area contributed by atoms with Gasteiger partial charge >= 0.3 is 6.03 Å². The van der Waals surface area contributed by atoms with Crippen molar-refractivity contribution in [3.8, 4) is 0 Å². The summed E-state index contributed by atoms with van der Waals surface area (Å²) in [4.78, 5) is 14.4. The monoisotopic (exact) mass is 434 g/mol. The molecule has 0 N–H and O–H groups in total. The summed E-state index contributed by atoms with van der Waals surface area (Å²) in [5.41, 5.74) is 0.368. The van der Waals surface area contributed by atoms with Crippen LogP contribution in [0.5, 0.6) is 0 Å². The van der Waals surface area contributed by atoms with Crippen LogP contribution in [-0.2, 0) is 23.1 Å². The van der Waals surface area contributed by atoms with E-state index in [1.54, 1.807) is 12.1 Å². The normalized spacial score (nSPS) is 15.5. The second-order valence-electron chi connectivity index (χ2n) is 6.36. The molecule has 4 rings (SSSR count). The number of nitrogens with zero attached hydrogens (tertiary/aromatic N) is 4. The van der Waals surface area contributed by atoms with Crippen LogP contribution in [0.3, 0.4) is 0 Å². The molecule has 29 heavy (non-hydrogen) atoms. The Labute approximate surface area is 172 Å². The standard InChI is InChI=1S/C19H16ClFN4O3S/c1-2-23-11-13(10-22-23)25-19(26)24(12-14-15(20)6-5-7-16(14)21)17-8-3-4-9-18(17)29(25,27)28/h3-11H,2,12H2,1H3. The molecule has 0 saturated carbocycles. The molecule has 1 aromatic heterocycles. The molecule has 150 valence electrons. The average molecular weight is 435 g/mol. The molecule has 1 aliphatic rings. The number of urea groups is 1. The van der Waals surface area contributed by atoms with Gasteiger partial charge in [0, 0.05) is 23.3 Å². The Kier molecular flexibility index (Phi) is 4.79. The van der Waals surface area contributed by atoms with Crippen LogP contribution in [-0.4, -0.2) is 24.2 Å². The molecule has 1 aliphatic heterocycles. The Morgan fingerprint density at radius 1 is 1.14 bits per heavy atom. The lowest BCUT2D eigenvalue weighted by Crippen LogP contribution is -2.50. The summed E-state index contributed by atoms with van der Waals surface area (Å²) in [6, 6.07) is 9.47. The van der Waals surface area contributed by atoms with E-state index in [0.717, 1.165) is 0 Å². The predicted molar refractivity (Wildman–Crippen MR) is 107 cm³/mol. The fraction of sp³-hybridized carbons (Fsp3) is 0.158. The van der Waals surface area contributed by atoms with Crippen molar-refractivity contribution in [2.45, 2.75) is 24.9 Å². The van der Waals surface area contributed by atoms with Crippen molar-refractivity contribution in [3.63, 3.8) is 0 Å². The van der Waals surface area contributed by atoms with Gasteiger partial charge in [0.15, 0.2) is 0 Å².